The van der Waals surface area contributed by atoms with E-state index in [2.05, 4.69) is 9.88 Å². The van der Waals surface area contributed by atoms with Crippen LogP contribution in [0.25, 0.3) is 0 Å². The maximum absolute atomic E-state index is 13.3. The Bertz CT molecular complexity index is 754. The van der Waals surface area contributed by atoms with Gasteiger partial charge in [0.25, 0.3) is 0 Å². The molecule has 3 rings (SSSR count). The lowest BCUT2D eigenvalue weighted by molar-refractivity contribution is 0.384. The van der Waals surface area contributed by atoms with Crippen LogP contribution < -0.4 is 4.90 Å². The van der Waals surface area contributed by atoms with Crippen LogP contribution >= 0.6 is 11.3 Å². The van der Waals surface area contributed by atoms with Crippen LogP contribution in [0.1, 0.15) is 5.56 Å². The van der Waals surface area contributed by atoms with E-state index in [9.17, 15) is 12.8 Å². The van der Waals surface area contributed by atoms with Crippen LogP contribution in [-0.2, 0) is 10.0 Å². The van der Waals surface area contributed by atoms with E-state index in [4.69, 9.17) is 0 Å². The molecule has 0 radical (unpaired) electrons. The lowest BCUT2D eigenvalue weighted by Gasteiger charge is -2.33. The molecule has 0 N–H and O–H groups in total. The minimum atomic E-state index is -3.57. The smallest absolute Gasteiger partial charge is 0.243 e. The average molecular weight is 341 g/mol. The fourth-order valence-corrected chi connectivity index (χ4v) is 4.62. The largest absolute Gasteiger partial charge is 0.345 e. The number of anilines is 1. The molecule has 22 heavy (non-hydrogen) atoms. The van der Waals surface area contributed by atoms with Gasteiger partial charge in [0.2, 0.25) is 10.0 Å². The third-order valence-corrected chi connectivity index (χ3v) is 6.42. The van der Waals surface area contributed by atoms with Crippen molar-refractivity contribution in [2.45, 2.75) is 11.8 Å². The number of halogens is 1. The molecule has 8 heteroatoms. The van der Waals surface area contributed by atoms with Crippen LogP contribution in [0.4, 0.5) is 9.52 Å². The second kappa shape index (κ2) is 5.94. The molecule has 118 valence electrons. The lowest BCUT2D eigenvalue weighted by atomic mass is 10.2. The topological polar surface area (TPSA) is 53.5 Å². The standard InChI is InChI=1S/C14H16FN3O2S2/c1-11-10-12(2-3-13(11)15)22(19,20)18-7-5-17(6-8-18)14-16-4-9-21-14/h2-4,9-10H,5-8H2,1H3. The zero-order valence-electron chi connectivity index (χ0n) is 12.1. The highest BCUT2D eigenvalue weighted by molar-refractivity contribution is 7.89. The molecule has 1 saturated heterocycles. The fraction of sp³-hybridized carbons (Fsp3) is 0.357. The summed E-state index contributed by atoms with van der Waals surface area (Å²) >= 11 is 1.54. The summed E-state index contributed by atoms with van der Waals surface area (Å²) in [5, 5.41) is 2.81. The van der Waals surface area contributed by atoms with E-state index in [-0.39, 0.29) is 4.90 Å². The number of aromatic nitrogens is 1. The molecule has 0 unspecified atom stereocenters. The number of thiazole rings is 1. The van der Waals surface area contributed by atoms with E-state index in [1.165, 1.54) is 22.5 Å². The van der Waals surface area contributed by atoms with E-state index in [1.54, 1.807) is 24.5 Å². The van der Waals surface area contributed by atoms with Crippen LogP contribution in [0.5, 0.6) is 0 Å². The van der Waals surface area contributed by atoms with Gasteiger partial charge < -0.3 is 4.90 Å². The molecule has 0 saturated carbocycles. The van der Waals surface area contributed by atoms with Gasteiger partial charge in [-0.1, -0.05) is 0 Å². The molecular formula is C14H16FN3O2S2. The molecule has 0 atom stereocenters. The Morgan fingerprint density at radius 3 is 2.55 bits per heavy atom. The van der Waals surface area contributed by atoms with Crippen LogP contribution in [0.15, 0.2) is 34.7 Å². The maximum Gasteiger partial charge on any atom is 0.243 e. The maximum atomic E-state index is 13.3. The van der Waals surface area contributed by atoms with Crippen molar-refractivity contribution in [1.29, 1.82) is 0 Å². The third kappa shape index (κ3) is 2.86. The van der Waals surface area contributed by atoms with Gasteiger partial charge in [-0.05, 0) is 30.7 Å². The Hall–Kier alpha value is -1.51. The zero-order chi connectivity index (χ0) is 15.7. The van der Waals surface area contributed by atoms with Gasteiger partial charge in [-0.3, -0.25) is 0 Å². The van der Waals surface area contributed by atoms with Crippen molar-refractivity contribution in [2.75, 3.05) is 31.1 Å². The predicted octanol–water partition coefficient (Wildman–Crippen LogP) is 2.10. The lowest BCUT2D eigenvalue weighted by Crippen LogP contribution is -2.48. The highest BCUT2D eigenvalue weighted by atomic mass is 32.2. The third-order valence-electron chi connectivity index (χ3n) is 3.70. The summed E-state index contributed by atoms with van der Waals surface area (Å²) in [5.74, 6) is -0.396. The number of nitrogens with zero attached hydrogens (tertiary/aromatic N) is 3. The number of rotatable bonds is 3. The Morgan fingerprint density at radius 1 is 1.23 bits per heavy atom. The van der Waals surface area contributed by atoms with Gasteiger partial charge in [-0.15, -0.1) is 11.3 Å². The first-order chi connectivity index (χ1) is 10.5. The van der Waals surface area contributed by atoms with Gasteiger partial charge in [-0.25, -0.2) is 17.8 Å². The van der Waals surface area contributed by atoms with Crippen molar-refractivity contribution < 1.29 is 12.8 Å². The van der Waals surface area contributed by atoms with Crippen LogP contribution in [0.2, 0.25) is 0 Å². The molecule has 1 aromatic heterocycles. The number of benzene rings is 1. The highest BCUT2D eigenvalue weighted by Crippen LogP contribution is 2.23. The molecule has 0 bridgehead atoms. The quantitative estimate of drug-likeness (QED) is 0.858. The summed E-state index contributed by atoms with van der Waals surface area (Å²) in [4.78, 5) is 6.46. The van der Waals surface area contributed by atoms with Gasteiger partial charge in [0, 0.05) is 37.8 Å². The first kappa shape index (κ1) is 15.4. The van der Waals surface area contributed by atoms with E-state index in [1.807, 2.05) is 5.38 Å². The summed E-state index contributed by atoms with van der Waals surface area (Å²) < 4.78 is 40.0. The molecule has 2 heterocycles. The molecule has 0 spiro atoms. The van der Waals surface area contributed by atoms with Gasteiger partial charge >= 0.3 is 0 Å². The number of sulfonamides is 1. The second-order valence-corrected chi connectivity index (χ2v) is 7.93. The Kier molecular flexibility index (Phi) is 4.16. The molecule has 0 amide bonds. The first-order valence-corrected chi connectivity index (χ1v) is 9.21. The van der Waals surface area contributed by atoms with Crippen molar-refractivity contribution in [3.8, 4) is 0 Å². The number of piperazine rings is 1. The normalized spacial score (nSPS) is 16.9. The van der Waals surface area contributed by atoms with Gasteiger partial charge in [0.1, 0.15) is 5.82 Å². The van der Waals surface area contributed by atoms with Crippen molar-refractivity contribution >= 4 is 26.5 Å². The van der Waals surface area contributed by atoms with E-state index in [0.29, 0.717) is 31.7 Å². The summed E-state index contributed by atoms with van der Waals surface area (Å²) in [6.07, 6.45) is 1.74. The van der Waals surface area contributed by atoms with Crippen molar-refractivity contribution in [2.24, 2.45) is 0 Å². The minimum absolute atomic E-state index is 0.147. The number of aryl methyl sites for hydroxylation is 1. The summed E-state index contributed by atoms with van der Waals surface area (Å²) in [6.45, 7) is 3.57. The second-order valence-electron chi connectivity index (χ2n) is 5.12. The van der Waals surface area contributed by atoms with Crippen molar-refractivity contribution in [1.82, 2.24) is 9.29 Å². The summed E-state index contributed by atoms with van der Waals surface area (Å²) in [5.41, 5.74) is 0.336. The van der Waals surface area contributed by atoms with Crippen LogP contribution in [-0.4, -0.2) is 43.9 Å². The Labute approximate surface area is 133 Å². The number of hydrogen-bond donors (Lipinski definition) is 0. The Balaban J connectivity index is 1.75. The molecule has 2 aromatic rings. The monoisotopic (exact) mass is 341 g/mol. The van der Waals surface area contributed by atoms with Crippen molar-refractivity contribution in [3.05, 3.63) is 41.2 Å². The molecule has 1 aromatic carbocycles. The molecular weight excluding hydrogens is 325 g/mol. The number of hydrogen-bond acceptors (Lipinski definition) is 5. The molecule has 1 aliphatic rings. The van der Waals surface area contributed by atoms with Gasteiger partial charge in [-0.2, -0.15) is 4.31 Å². The molecule has 0 aliphatic carbocycles. The highest BCUT2D eigenvalue weighted by Gasteiger charge is 2.29. The van der Waals surface area contributed by atoms with E-state index >= 15 is 0 Å². The van der Waals surface area contributed by atoms with E-state index in [0.717, 1.165) is 5.13 Å². The van der Waals surface area contributed by atoms with Crippen LogP contribution in [0, 0.1) is 12.7 Å². The predicted molar refractivity (Wildman–Crippen MR) is 84.2 cm³/mol. The molecule has 5 nitrogen and oxygen atoms in total. The Morgan fingerprint density at radius 2 is 1.95 bits per heavy atom. The summed E-state index contributed by atoms with van der Waals surface area (Å²) in [6, 6.07) is 3.91. The van der Waals surface area contributed by atoms with Crippen molar-refractivity contribution in [3.63, 3.8) is 0 Å². The minimum Gasteiger partial charge on any atom is -0.345 e. The van der Waals surface area contributed by atoms with Gasteiger partial charge in [0.15, 0.2) is 5.13 Å². The summed E-state index contributed by atoms with van der Waals surface area (Å²) in [7, 11) is -3.57. The zero-order valence-corrected chi connectivity index (χ0v) is 13.7. The fourth-order valence-electron chi connectivity index (χ4n) is 2.42. The van der Waals surface area contributed by atoms with E-state index < -0.39 is 15.8 Å². The first-order valence-electron chi connectivity index (χ1n) is 6.89. The average Bonchev–Trinajstić information content (AvgIpc) is 3.04. The van der Waals surface area contributed by atoms with Crippen LogP contribution in [0.3, 0.4) is 0 Å². The SMILES string of the molecule is Cc1cc(S(=O)(=O)N2CCN(c3nccs3)CC2)ccc1F. The molecule has 1 aliphatic heterocycles. The van der Waals surface area contributed by atoms with Gasteiger partial charge in [0.05, 0.1) is 4.90 Å². The molecule has 1 fully saturated rings.